The molecule has 0 aliphatic carbocycles. The zero-order valence-corrected chi connectivity index (χ0v) is 14.8. The number of nitrogens with zero attached hydrogens (tertiary/aromatic N) is 4. The van der Waals surface area contributed by atoms with E-state index in [1.165, 1.54) is 0 Å². The van der Waals surface area contributed by atoms with E-state index in [-0.39, 0.29) is 5.75 Å². The second-order valence-electron chi connectivity index (χ2n) is 5.89. The molecule has 0 saturated carbocycles. The Morgan fingerprint density at radius 2 is 1.64 bits per heavy atom. The molecule has 1 heterocycles. The maximum Gasteiger partial charge on any atom is 0.124 e. The molecule has 0 atom stereocenters. The monoisotopic (exact) mass is 338 g/mol. The Hall–Kier alpha value is -2.53. The third-order valence-corrected chi connectivity index (χ3v) is 3.73. The molecular formula is C20H26N4O. The topological polar surface area (TPSA) is 61.1 Å². The minimum atomic E-state index is 0.273. The molecule has 1 N–H and O–H groups in total. The summed E-state index contributed by atoms with van der Waals surface area (Å²) in [6, 6.07) is 13.0. The highest BCUT2D eigenvalue weighted by Crippen LogP contribution is 2.12. The number of phenolic OH excluding ortho intramolecular Hbond substituents is 1. The second-order valence-corrected chi connectivity index (χ2v) is 5.89. The van der Waals surface area contributed by atoms with Gasteiger partial charge >= 0.3 is 0 Å². The molecule has 5 nitrogen and oxygen atoms in total. The Balaban J connectivity index is 1.54. The summed E-state index contributed by atoms with van der Waals surface area (Å²) in [6.45, 7) is 3.59. The van der Waals surface area contributed by atoms with Crippen molar-refractivity contribution in [1.29, 1.82) is 0 Å². The highest BCUT2D eigenvalue weighted by molar-refractivity contribution is 5.83. The van der Waals surface area contributed by atoms with Crippen molar-refractivity contribution < 1.29 is 5.11 Å². The van der Waals surface area contributed by atoms with Crippen LogP contribution in [0.4, 0.5) is 0 Å². The van der Waals surface area contributed by atoms with Crippen molar-refractivity contribution in [1.82, 2.24) is 9.88 Å². The van der Waals surface area contributed by atoms with Crippen LogP contribution in [-0.4, -0.2) is 60.6 Å². The molecule has 0 unspecified atom stereocenters. The molecule has 0 bridgehead atoms. The number of pyridine rings is 1. The van der Waals surface area contributed by atoms with Crippen LogP contribution in [0.1, 0.15) is 24.1 Å². The largest absolute Gasteiger partial charge is 0.507 e. The summed E-state index contributed by atoms with van der Waals surface area (Å²) in [6.07, 6.45) is 7.37. The third kappa shape index (κ3) is 7.72. The van der Waals surface area contributed by atoms with Gasteiger partial charge in [0.1, 0.15) is 5.75 Å². The molecule has 0 radical (unpaired) electrons. The van der Waals surface area contributed by atoms with Gasteiger partial charge in [0.25, 0.3) is 0 Å². The number of aromatic hydroxyl groups is 1. The van der Waals surface area contributed by atoms with Gasteiger partial charge in [-0.3, -0.25) is 15.0 Å². The van der Waals surface area contributed by atoms with E-state index in [9.17, 15) is 5.11 Å². The summed E-state index contributed by atoms with van der Waals surface area (Å²) < 4.78 is 0. The Morgan fingerprint density at radius 3 is 2.32 bits per heavy atom. The van der Waals surface area contributed by atoms with Crippen LogP contribution in [0.5, 0.6) is 5.75 Å². The Kier molecular flexibility index (Phi) is 8.35. The highest BCUT2D eigenvalue weighted by atomic mass is 16.3. The quantitative estimate of drug-likeness (QED) is 0.535. The lowest BCUT2D eigenvalue weighted by Gasteiger charge is -2.14. The SMILES string of the molecule is CN(CCCN=Cc1ccccn1)CCCN=Cc1ccccc1O. The van der Waals surface area contributed by atoms with Crippen molar-refractivity contribution in [3.05, 3.63) is 59.9 Å². The molecule has 1 aromatic heterocycles. The van der Waals surface area contributed by atoms with Crippen LogP contribution in [0.2, 0.25) is 0 Å². The molecule has 5 heteroatoms. The van der Waals surface area contributed by atoms with Crippen LogP contribution in [0.3, 0.4) is 0 Å². The fraction of sp³-hybridized carbons (Fsp3) is 0.350. The molecule has 0 saturated heterocycles. The van der Waals surface area contributed by atoms with Gasteiger partial charge in [-0.05, 0) is 57.2 Å². The zero-order valence-electron chi connectivity index (χ0n) is 14.8. The fourth-order valence-corrected chi connectivity index (χ4v) is 2.35. The molecule has 0 spiro atoms. The van der Waals surface area contributed by atoms with Crippen LogP contribution in [0.15, 0.2) is 58.6 Å². The van der Waals surface area contributed by atoms with Crippen LogP contribution in [-0.2, 0) is 0 Å². The number of hydrogen-bond acceptors (Lipinski definition) is 5. The van der Waals surface area contributed by atoms with Gasteiger partial charge in [0.15, 0.2) is 0 Å². The van der Waals surface area contributed by atoms with E-state index in [0.717, 1.165) is 50.3 Å². The van der Waals surface area contributed by atoms with Crippen LogP contribution >= 0.6 is 0 Å². The van der Waals surface area contributed by atoms with Crippen molar-refractivity contribution >= 4 is 12.4 Å². The van der Waals surface area contributed by atoms with E-state index < -0.39 is 0 Å². The highest BCUT2D eigenvalue weighted by Gasteiger charge is 1.98. The zero-order chi connectivity index (χ0) is 17.7. The number of rotatable bonds is 10. The van der Waals surface area contributed by atoms with Crippen molar-refractivity contribution in [3.63, 3.8) is 0 Å². The molecule has 2 aromatic rings. The van der Waals surface area contributed by atoms with E-state index in [4.69, 9.17) is 0 Å². The number of para-hydroxylation sites is 1. The van der Waals surface area contributed by atoms with Crippen molar-refractivity contribution in [2.45, 2.75) is 12.8 Å². The first-order valence-electron chi connectivity index (χ1n) is 8.63. The standard InChI is InChI=1S/C20H26N4O/c1-24(15-7-12-22-17-19-9-4-5-13-23-19)14-6-11-21-16-18-8-2-3-10-20(18)25/h2-5,8-10,13,16-17,25H,6-7,11-12,14-15H2,1H3. The van der Waals surface area contributed by atoms with Gasteiger partial charge in [0.2, 0.25) is 0 Å². The summed E-state index contributed by atoms with van der Waals surface area (Å²) in [4.78, 5) is 15.3. The minimum absolute atomic E-state index is 0.273. The number of phenols is 1. The number of benzene rings is 1. The molecule has 25 heavy (non-hydrogen) atoms. The van der Waals surface area contributed by atoms with E-state index in [1.54, 1.807) is 18.5 Å². The van der Waals surface area contributed by atoms with Crippen molar-refractivity contribution in [2.75, 3.05) is 33.2 Å². The Morgan fingerprint density at radius 1 is 0.960 bits per heavy atom. The first-order valence-corrected chi connectivity index (χ1v) is 8.63. The first-order chi connectivity index (χ1) is 12.3. The van der Waals surface area contributed by atoms with E-state index >= 15 is 0 Å². The van der Waals surface area contributed by atoms with Crippen LogP contribution < -0.4 is 0 Å². The van der Waals surface area contributed by atoms with Gasteiger partial charge in [-0.15, -0.1) is 0 Å². The average Bonchev–Trinajstić information content (AvgIpc) is 2.63. The molecule has 2 rings (SSSR count). The molecule has 0 aliphatic rings. The lowest BCUT2D eigenvalue weighted by Crippen LogP contribution is -2.22. The summed E-state index contributed by atoms with van der Waals surface area (Å²) in [5.74, 6) is 0.273. The number of aromatic nitrogens is 1. The predicted molar refractivity (Wildman–Crippen MR) is 104 cm³/mol. The summed E-state index contributed by atoms with van der Waals surface area (Å²) in [7, 11) is 2.12. The Labute approximate surface area is 149 Å². The van der Waals surface area contributed by atoms with Gasteiger partial charge in [0.05, 0.1) is 5.69 Å². The molecule has 132 valence electrons. The normalized spacial score (nSPS) is 11.8. The third-order valence-electron chi connectivity index (χ3n) is 3.73. The molecule has 0 fully saturated rings. The summed E-state index contributed by atoms with van der Waals surface area (Å²) in [5.41, 5.74) is 1.67. The smallest absolute Gasteiger partial charge is 0.124 e. The van der Waals surface area contributed by atoms with Crippen molar-refractivity contribution in [3.8, 4) is 5.75 Å². The molecule has 0 amide bonds. The lowest BCUT2D eigenvalue weighted by atomic mass is 10.2. The first kappa shape index (κ1) is 18.8. The lowest BCUT2D eigenvalue weighted by molar-refractivity contribution is 0.329. The fourth-order valence-electron chi connectivity index (χ4n) is 2.35. The van der Waals surface area contributed by atoms with Gasteiger partial charge < -0.3 is 10.0 Å². The van der Waals surface area contributed by atoms with E-state index in [2.05, 4.69) is 26.9 Å². The average molecular weight is 338 g/mol. The maximum absolute atomic E-state index is 9.65. The predicted octanol–water partition coefficient (Wildman–Crippen LogP) is 3.04. The molecule has 1 aromatic carbocycles. The van der Waals surface area contributed by atoms with Crippen LogP contribution in [0, 0.1) is 0 Å². The van der Waals surface area contributed by atoms with Gasteiger partial charge in [-0.1, -0.05) is 18.2 Å². The van der Waals surface area contributed by atoms with Crippen molar-refractivity contribution in [2.24, 2.45) is 9.98 Å². The van der Waals surface area contributed by atoms with Gasteiger partial charge in [0, 0.05) is 37.3 Å². The second kappa shape index (κ2) is 11.1. The van der Waals surface area contributed by atoms with E-state index in [0.29, 0.717) is 0 Å². The molecule has 0 aliphatic heterocycles. The summed E-state index contributed by atoms with van der Waals surface area (Å²) in [5, 5.41) is 9.65. The molecular weight excluding hydrogens is 312 g/mol. The maximum atomic E-state index is 9.65. The van der Waals surface area contributed by atoms with Gasteiger partial charge in [-0.2, -0.15) is 0 Å². The minimum Gasteiger partial charge on any atom is -0.507 e. The number of aliphatic imine (C=N–C) groups is 2. The van der Waals surface area contributed by atoms with Gasteiger partial charge in [-0.25, -0.2) is 0 Å². The number of hydrogen-bond donors (Lipinski definition) is 1. The Bertz CT molecular complexity index is 670. The summed E-state index contributed by atoms with van der Waals surface area (Å²) >= 11 is 0. The van der Waals surface area contributed by atoms with E-state index in [1.807, 2.05) is 42.6 Å². The van der Waals surface area contributed by atoms with Crippen LogP contribution in [0.25, 0.3) is 0 Å².